The predicted molar refractivity (Wildman–Crippen MR) is 111 cm³/mol. The number of nitrogens with one attached hydrogen (secondary N) is 1. The normalized spacial score (nSPS) is 17.5. The Morgan fingerprint density at radius 3 is 2.52 bits per heavy atom. The zero-order valence-corrected chi connectivity index (χ0v) is 17.8. The molecule has 1 atom stereocenters. The van der Waals surface area contributed by atoms with Gasteiger partial charge in [0.1, 0.15) is 5.82 Å². The molecule has 0 radical (unpaired) electrons. The number of aromatic nitrogens is 1. The van der Waals surface area contributed by atoms with Crippen LogP contribution < -0.4 is 5.32 Å². The van der Waals surface area contributed by atoms with E-state index in [2.05, 4.69) is 10.3 Å². The monoisotopic (exact) mass is 457 g/mol. The number of fused-ring (bicyclic) bond motifs is 1. The molecule has 1 fully saturated rings. The minimum Gasteiger partial charge on any atom is -0.380 e. The van der Waals surface area contributed by atoms with E-state index in [9.17, 15) is 22.4 Å². The van der Waals surface area contributed by atoms with E-state index in [-0.39, 0.29) is 28.7 Å². The third-order valence-electron chi connectivity index (χ3n) is 5.64. The van der Waals surface area contributed by atoms with Gasteiger partial charge in [-0.05, 0) is 55.0 Å². The summed E-state index contributed by atoms with van der Waals surface area (Å²) < 4.78 is 43.1. The first-order chi connectivity index (χ1) is 14.7. The average molecular weight is 458 g/mol. The molecule has 0 bridgehead atoms. The molecule has 168 valence electrons. The van der Waals surface area contributed by atoms with Gasteiger partial charge in [0.25, 0.3) is 0 Å². The second kappa shape index (κ2) is 10.3. The molecule has 1 aromatic carbocycles. The number of hydrogen-bond acceptors (Lipinski definition) is 3. The fourth-order valence-electron chi connectivity index (χ4n) is 3.86. The molecule has 1 unspecified atom stereocenters. The van der Waals surface area contributed by atoms with Crippen LogP contribution in [0.4, 0.5) is 23.2 Å². The van der Waals surface area contributed by atoms with Crippen molar-refractivity contribution in [2.24, 2.45) is 5.92 Å². The summed E-state index contributed by atoms with van der Waals surface area (Å²) in [7, 11) is 1.84. The molecule has 1 amide bonds. The largest absolute Gasteiger partial charge is 0.380 e. The summed E-state index contributed by atoms with van der Waals surface area (Å²) in [5.41, 5.74) is 3.48. The van der Waals surface area contributed by atoms with Crippen molar-refractivity contribution < 1.29 is 22.4 Å². The average Bonchev–Trinajstić information content (AvgIpc) is 3.08. The van der Waals surface area contributed by atoms with Crippen molar-refractivity contribution in [3.05, 3.63) is 58.1 Å². The van der Waals surface area contributed by atoms with E-state index in [4.69, 9.17) is 11.6 Å². The molecule has 0 aliphatic heterocycles. The van der Waals surface area contributed by atoms with Gasteiger partial charge in [-0.25, -0.2) is 4.39 Å². The Hall–Kier alpha value is -2.35. The number of alkyl halides is 3. The lowest BCUT2D eigenvalue weighted by atomic mass is 9.84. The van der Waals surface area contributed by atoms with E-state index >= 15 is 0 Å². The number of amides is 1. The van der Waals surface area contributed by atoms with Crippen LogP contribution in [0.5, 0.6) is 0 Å². The van der Waals surface area contributed by atoms with E-state index in [1.54, 1.807) is 17.2 Å². The fourth-order valence-corrected chi connectivity index (χ4v) is 4.03. The van der Waals surface area contributed by atoms with Crippen molar-refractivity contribution in [1.29, 1.82) is 0 Å². The van der Waals surface area contributed by atoms with Crippen LogP contribution in [0.1, 0.15) is 36.1 Å². The fraction of sp³-hybridized carbons (Fsp3) is 0.455. The number of carbonyl (C=O) groups is 1. The van der Waals surface area contributed by atoms with Crippen molar-refractivity contribution in [2.75, 3.05) is 12.4 Å². The van der Waals surface area contributed by atoms with Crippen molar-refractivity contribution in [1.82, 2.24) is 9.88 Å². The Kier molecular flexibility index (Phi) is 7.75. The summed E-state index contributed by atoms with van der Waals surface area (Å²) in [5, 5.41) is 3.60. The Balaban J connectivity index is 0.000000628. The number of anilines is 1. The van der Waals surface area contributed by atoms with Crippen molar-refractivity contribution in [3.8, 4) is 0 Å². The Bertz CT molecular complexity index is 904. The van der Waals surface area contributed by atoms with E-state index in [0.29, 0.717) is 18.5 Å². The number of hydrogen-bond donors (Lipinski definition) is 1. The highest BCUT2D eigenvalue weighted by molar-refractivity contribution is 6.30. The summed E-state index contributed by atoms with van der Waals surface area (Å²) >= 11 is 5.88. The first kappa shape index (κ1) is 23.3. The van der Waals surface area contributed by atoms with E-state index < -0.39 is 6.68 Å². The van der Waals surface area contributed by atoms with Gasteiger partial charge in [0, 0.05) is 19.0 Å². The summed E-state index contributed by atoms with van der Waals surface area (Å²) in [6.07, 6.45) is 6.34. The van der Waals surface area contributed by atoms with Crippen LogP contribution in [0, 0.1) is 11.7 Å². The van der Waals surface area contributed by atoms with Crippen LogP contribution >= 0.6 is 11.6 Å². The van der Waals surface area contributed by atoms with Crippen LogP contribution in [0.3, 0.4) is 0 Å². The second-order valence-electron chi connectivity index (χ2n) is 7.86. The summed E-state index contributed by atoms with van der Waals surface area (Å²) in [6.45, 7) is -3.14. The SMILES string of the molecule is CN(Cc1ccc(NC2Cc3ccc(Cl)c(F)c3C2)cn1)C(=O)C1CCC1.FC(F)F. The highest BCUT2D eigenvalue weighted by Gasteiger charge is 2.28. The third-order valence-corrected chi connectivity index (χ3v) is 5.93. The zero-order chi connectivity index (χ0) is 22.5. The highest BCUT2D eigenvalue weighted by atomic mass is 35.5. The molecule has 4 nitrogen and oxygen atoms in total. The van der Waals surface area contributed by atoms with Crippen LogP contribution in [-0.4, -0.2) is 35.6 Å². The first-order valence-electron chi connectivity index (χ1n) is 10.1. The second-order valence-corrected chi connectivity index (χ2v) is 8.26. The molecule has 31 heavy (non-hydrogen) atoms. The molecule has 2 aliphatic rings. The highest BCUT2D eigenvalue weighted by Crippen LogP contribution is 2.31. The van der Waals surface area contributed by atoms with Crippen LogP contribution in [0.25, 0.3) is 0 Å². The molecule has 0 spiro atoms. The molecule has 2 aromatic rings. The lowest BCUT2D eigenvalue weighted by Crippen LogP contribution is -2.35. The van der Waals surface area contributed by atoms with Crippen LogP contribution in [0.2, 0.25) is 5.02 Å². The maximum Gasteiger partial charge on any atom is 0.379 e. The third kappa shape index (κ3) is 6.09. The number of rotatable bonds is 5. The lowest BCUT2D eigenvalue weighted by molar-refractivity contribution is -0.137. The van der Waals surface area contributed by atoms with Gasteiger partial charge < -0.3 is 10.2 Å². The van der Waals surface area contributed by atoms with Gasteiger partial charge in [0.05, 0.1) is 29.1 Å². The van der Waals surface area contributed by atoms with Crippen molar-refractivity contribution in [3.63, 3.8) is 0 Å². The molecule has 1 saturated carbocycles. The number of carbonyl (C=O) groups excluding carboxylic acids is 1. The Morgan fingerprint density at radius 1 is 1.23 bits per heavy atom. The zero-order valence-electron chi connectivity index (χ0n) is 17.1. The quantitative estimate of drug-likeness (QED) is 0.612. The molecular weight excluding hydrogens is 434 g/mol. The van der Waals surface area contributed by atoms with Gasteiger partial charge in [-0.1, -0.05) is 24.1 Å². The minimum atomic E-state index is -3.67. The standard InChI is InChI=1S/C21H23ClFN3O.CHF3/c1-26(21(27)13-3-2-4-13)12-16-7-6-15(11-24-16)25-17-9-14-5-8-19(22)20(23)18(14)10-17;2-1(3)4/h5-8,11,13,17,25H,2-4,9-10,12H2,1H3;1H. The maximum atomic E-state index is 14.1. The predicted octanol–water partition coefficient (Wildman–Crippen LogP) is 5.39. The number of nitrogens with zero attached hydrogens (tertiary/aromatic N) is 2. The van der Waals surface area contributed by atoms with Gasteiger partial charge in [0.15, 0.2) is 0 Å². The molecule has 9 heteroatoms. The molecular formula is C22H24ClF4N3O. The van der Waals surface area contributed by atoms with Crippen molar-refractivity contribution >= 4 is 23.2 Å². The molecule has 0 saturated heterocycles. The van der Waals surface area contributed by atoms with Gasteiger partial charge in [-0.15, -0.1) is 0 Å². The van der Waals surface area contributed by atoms with Crippen LogP contribution in [-0.2, 0) is 24.2 Å². The molecule has 1 heterocycles. The Morgan fingerprint density at radius 2 is 1.94 bits per heavy atom. The van der Waals surface area contributed by atoms with E-state index in [0.717, 1.165) is 42.6 Å². The summed E-state index contributed by atoms with van der Waals surface area (Å²) in [4.78, 5) is 18.5. The van der Waals surface area contributed by atoms with Gasteiger partial charge in [0.2, 0.25) is 5.91 Å². The maximum absolute atomic E-state index is 14.1. The molecule has 1 aromatic heterocycles. The topological polar surface area (TPSA) is 45.2 Å². The molecule has 4 rings (SSSR count). The number of halogens is 5. The van der Waals surface area contributed by atoms with Gasteiger partial charge in [-0.2, -0.15) is 13.2 Å². The van der Waals surface area contributed by atoms with Crippen molar-refractivity contribution in [2.45, 2.75) is 51.4 Å². The summed E-state index contributed by atoms with van der Waals surface area (Å²) in [5.74, 6) is 0.120. The van der Waals surface area contributed by atoms with Crippen LogP contribution in [0.15, 0.2) is 30.5 Å². The number of benzene rings is 1. The lowest BCUT2D eigenvalue weighted by Gasteiger charge is -2.29. The van der Waals surface area contributed by atoms with Gasteiger partial charge in [-0.3, -0.25) is 9.78 Å². The summed E-state index contributed by atoms with van der Waals surface area (Å²) in [6, 6.07) is 7.56. The minimum absolute atomic E-state index is 0.128. The molecule has 2 aliphatic carbocycles. The number of pyridine rings is 1. The first-order valence-corrected chi connectivity index (χ1v) is 10.5. The molecule has 1 N–H and O–H groups in total. The van der Waals surface area contributed by atoms with E-state index in [1.165, 1.54) is 0 Å². The van der Waals surface area contributed by atoms with E-state index in [1.807, 2.05) is 25.2 Å². The van der Waals surface area contributed by atoms with Gasteiger partial charge >= 0.3 is 6.68 Å². The smallest absolute Gasteiger partial charge is 0.379 e. The Labute approximate surface area is 183 Å².